The largest absolute Gasteiger partial charge is 0.508 e. The summed E-state index contributed by atoms with van der Waals surface area (Å²) in [7, 11) is 1.95. The van der Waals surface area contributed by atoms with Gasteiger partial charge in [0, 0.05) is 25.2 Å². The van der Waals surface area contributed by atoms with Gasteiger partial charge in [-0.15, -0.1) is 0 Å². The number of hydrogen-bond acceptors (Lipinski definition) is 4. The molecule has 1 fully saturated rings. The summed E-state index contributed by atoms with van der Waals surface area (Å²) in [5, 5.41) is 22.2. The Morgan fingerprint density at radius 2 is 2.00 bits per heavy atom. The maximum atomic E-state index is 10.5. The smallest absolute Gasteiger partial charge is 0.136 e. The molecule has 0 spiro atoms. The summed E-state index contributed by atoms with van der Waals surface area (Å²) < 4.78 is 0. The van der Waals surface area contributed by atoms with E-state index in [1.807, 2.05) is 24.1 Å². The average molecular weight is 272 g/mol. The Morgan fingerprint density at radius 3 is 2.75 bits per heavy atom. The summed E-state index contributed by atoms with van der Waals surface area (Å²) in [6.45, 7) is 0.578. The highest BCUT2D eigenvalue weighted by atomic mass is 16.3. The number of rotatable bonds is 3. The van der Waals surface area contributed by atoms with Crippen LogP contribution in [0.1, 0.15) is 25.7 Å². The van der Waals surface area contributed by atoms with Crippen molar-refractivity contribution in [3.8, 4) is 5.75 Å². The molecule has 1 aliphatic rings. The molecule has 0 saturated heterocycles. The Hall–Kier alpha value is -1.81. The number of hydrogen-bond donors (Lipinski definition) is 2. The molecule has 1 heterocycles. The van der Waals surface area contributed by atoms with Gasteiger partial charge < -0.3 is 15.1 Å². The van der Waals surface area contributed by atoms with Crippen LogP contribution in [-0.2, 0) is 0 Å². The molecular weight excluding hydrogens is 252 g/mol. The van der Waals surface area contributed by atoms with E-state index in [0.29, 0.717) is 6.54 Å². The first-order chi connectivity index (χ1) is 9.57. The van der Waals surface area contributed by atoms with Gasteiger partial charge in [0.25, 0.3) is 0 Å². The van der Waals surface area contributed by atoms with Crippen molar-refractivity contribution in [1.82, 2.24) is 4.98 Å². The number of aliphatic hydroxyl groups is 1. The molecule has 2 N–H and O–H groups in total. The molecular formula is C16H20N2O2. The van der Waals surface area contributed by atoms with Crippen LogP contribution in [-0.4, -0.2) is 34.4 Å². The molecule has 0 amide bonds. The predicted molar refractivity (Wildman–Crippen MR) is 80.1 cm³/mol. The summed E-state index contributed by atoms with van der Waals surface area (Å²) in [6, 6.07) is 7.22. The van der Waals surface area contributed by atoms with Gasteiger partial charge in [0.05, 0.1) is 5.60 Å². The molecule has 1 saturated carbocycles. The second-order valence-electron chi connectivity index (χ2n) is 5.83. The Labute approximate surface area is 118 Å². The van der Waals surface area contributed by atoms with E-state index in [2.05, 4.69) is 4.98 Å². The van der Waals surface area contributed by atoms with Crippen LogP contribution >= 0.6 is 0 Å². The average Bonchev–Trinajstić information content (AvgIpc) is 2.84. The highest BCUT2D eigenvalue weighted by molar-refractivity contribution is 5.93. The second kappa shape index (κ2) is 4.94. The Kier molecular flexibility index (Phi) is 3.26. The number of benzene rings is 1. The summed E-state index contributed by atoms with van der Waals surface area (Å²) in [6.07, 6.45) is 5.66. The minimum absolute atomic E-state index is 0.236. The molecule has 2 aromatic rings. The zero-order valence-corrected chi connectivity index (χ0v) is 11.7. The lowest BCUT2D eigenvalue weighted by Crippen LogP contribution is -2.39. The van der Waals surface area contributed by atoms with Crippen molar-refractivity contribution in [1.29, 1.82) is 0 Å². The van der Waals surface area contributed by atoms with Crippen LogP contribution in [0.3, 0.4) is 0 Å². The molecule has 0 aliphatic heterocycles. The van der Waals surface area contributed by atoms with Gasteiger partial charge in [-0.25, -0.2) is 4.98 Å². The highest BCUT2D eigenvalue weighted by Crippen LogP contribution is 2.33. The number of aromatic hydroxyl groups is 1. The lowest BCUT2D eigenvalue weighted by Gasteiger charge is -2.29. The van der Waals surface area contributed by atoms with E-state index in [1.54, 1.807) is 18.3 Å². The second-order valence-corrected chi connectivity index (χ2v) is 5.83. The third-order valence-electron chi connectivity index (χ3n) is 4.16. The van der Waals surface area contributed by atoms with Crippen molar-refractivity contribution in [3.05, 3.63) is 30.5 Å². The SMILES string of the molecule is CN(CC1(O)CCCC1)c1nccc2ccc(O)cc12. The molecule has 4 heteroatoms. The Bertz CT molecular complexity index is 621. The van der Waals surface area contributed by atoms with Gasteiger partial charge in [-0.2, -0.15) is 0 Å². The number of phenolic OH excluding ortho intramolecular Hbond substituents is 1. The van der Waals surface area contributed by atoms with Crippen molar-refractivity contribution >= 4 is 16.6 Å². The number of nitrogens with zero attached hydrogens (tertiary/aromatic N) is 2. The van der Waals surface area contributed by atoms with Gasteiger partial charge in [0.15, 0.2) is 0 Å². The van der Waals surface area contributed by atoms with Crippen LogP contribution < -0.4 is 4.90 Å². The van der Waals surface area contributed by atoms with Crippen molar-refractivity contribution in [2.45, 2.75) is 31.3 Å². The fourth-order valence-electron chi connectivity index (χ4n) is 3.15. The maximum absolute atomic E-state index is 10.5. The fourth-order valence-corrected chi connectivity index (χ4v) is 3.15. The van der Waals surface area contributed by atoms with Crippen LogP contribution in [0.4, 0.5) is 5.82 Å². The molecule has 0 bridgehead atoms. The van der Waals surface area contributed by atoms with Crippen molar-refractivity contribution in [2.24, 2.45) is 0 Å². The Balaban J connectivity index is 1.94. The quantitative estimate of drug-likeness (QED) is 0.902. The van der Waals surface area contributed by atoms with E-state index in [1.165, 1.54) is 0 Å². The topological polar surface area (TPSA) is 56.6 Å². The van der Waals surface area contributed by atoms with E-state index in [-0.39, 0.29) is 5.75 Å². The molecule has 4 nitrogen and oxygen atoms in total. The molecule has 1 aromatic heterocycles. The molecule has 0 radical (unpaired) electrons. The van der Waals surface area contributed by atoms with Crippen LogP contribution in [0.25, 0.3) is 10.8 Å². The lowest BCUT2D eigenvalue weighted by atomic mass is 10.0. The zero-order chi connectivity index (χ0) is 14.2. The predicted octanol–water partition coefficient (Wildman–Crippen LogP) is 2.68. The number of phenols is 1. The number of likely N-dealkylation sites (N-methyl/N-ethyl adjacent to an activating group) is 1. The van der Waals surface area contributed by atoms with Gasteiger partial charge >= 0.3 is 0 Å². The summed E-state index contributed by atoms with van der Waals surface area (Å²) >= 11 is 0. The fraction of sp³-hybridized carbons (Fsp3) is 0.438. The van der Waals surface area contributed by atoms with Crippen molar-refractivity contribution in [3.63, 3.8) is 0 Å². The lowest BCUT2D eigenvalue weighted by molar-refractivity contribution is 0.0558. The highest BCUT2D eigenvalue weighted by Gasteiger charge is 2.32. The number of pyridine rings is 1. The minimum Gasteiger partial charge on any atom is -0.508 e. The van der Waals surface area contributed by atoms with Gasteiger partial charge in [-0.1, -0.05) is 18.9 Å². The molecule has 0 unspecified atom stereocenters. The van der Waals surface area contributed by atoms with Gasteiger partial charge in [0.2, 0.25) is 0 Å². The first kappa shape index (κ1) is 13.2. The first-order valence-electron chi connectivity index (χ1n) is 7.09. The van der Waals surface area contributed by atoms with E-state index in [0.717, 1.165) is 42.3 Å². The van der Waals surface area contributed by atoms with Gasteiger partial charge in [0.1, 0.15) is 11.6 Å². The van der Waals surface area contributed by atoms with E-state index < -0.39 is 5.60 Å². The molecule has 3 rings (SSSR count). The Morgan fingerprint density at radius 1 is 1.25 bits per heavy atom. The van der Waals surface area contributed by atoms with Crippen LogP contribution in [0.15, 0.2) is 30.5 Å². The summed E-state index contributed by atoms with van der Waals surface area (Å²) in [4.78, 5) is 6.42. The summed E-state index contributed by atoms with van der Waals surface area (Å²) in [5.74, 6) is 1.04. The third kappa shape index (κ3) is 2.43. The number of aromatic nitrogens is 1. The minimum atomic E-state index is -0.602. The third-order valence-corrected chi connectivity index (χ3v) is 4.16. The van der Waals surface area contributed by atoms with E-state index in [9.17, 15) is 10.2 Å². The molecule has 1 aromatic carbocycles. The first-order valence-corrected chi connectivity index (χ1v) is 7.09. The van der Waals surface area contributed by atoms with Crippen molar-refractivity contribution in [2.75, 3.05) is 18.5 Å². The molecule has 0 atom stereocenters. The monoisotopic (exact) mass is 272 g/mol. The van der Waals surface area contributed by atoms with E-state index in [4.69, 9.17) is 0 Å². The van der Waals surface area contributed by atoms with Crippen LogP contribution in [0, 0.1) is 0 Å². The standard InChI is InChI=1S/C16H20N2O2/c1-18(11-16(20)7-2-3-8-16)15-14-10-13(19)5-4-12(14)6-9-17-15/h4-6,9-10,19-20H,2-3,7-8,11H2,1H3. The van der Waals surface area contributed by atoms with Gasteiger partial charge in [-0.05, 0) is 36.4 Å². The van der Waals surface area contributed by atoms with E-state index >= 15 is 0 Å². The van der Waals surface area contributed by atoms with Crippen LogP contribution in [0.2, 0.25) is 0 Å². The van der Waals surface area contributed by atoms with Gasteiger partial charge in [-0.3, -0.25) is 0 Å². The van der Waals surface area contributed by atoms with Crippen LogP contribution in [0.5, 0.6) is 5.75 Å². The number of fused-ring (bicyclic) bond motifs is 1. The molecule has 1 aliphatic carbocycles. The van der Waals surface area contributed by atoms with Crippen molar-refractivity contribution < 1.29 is 10.2 Å². The normalized spacial score (nSPS) is 17.5. The maximum Gasteiger partial charge on any atom is 0.136 e. The molecule has 106 valence electrons. The summed E-state index contributed by atoms with van der Waals surface area (Å²) in [5.41, 5.74) is -0.602. The number of anilines is 1. The molecule has 20 heavy (non-hydrogen) atoms. The zero-order valence-electron chi connectivity index (χ0n) is 11.7.